The van der Waals surface area contributed by atoms with E-state index in [2.05, 4.69) is 17.1 Å². The summed E-state index contributed by atoms with van der Waals surface area (Å²) in [4.78, 5) is 26.7. The molecule has 36 heavy (non-hydrogen) atoms. The molecule has 0 bridgehead atoms. The van der Waals surface area contributed by atoms with E-state index in [0.29, 0.717) is 12.2 Å². The number of Topliss-reactive ketones (excluding diaryl/α,β-unsaturated/α-hetero) is 1. The minimum atomic E-state index is -0.909. The van der Waals surface area contributed by atoms with Crippen LogP contribution in [0.4, 0.5) is 10.1 Å². The summed E-state index contributed by atoms with van der Waals surface area (Å²) < 4.78 is 26.8. The van der Waals surface area contributed by atoms with Gasteiger partial charge in [-0.2, -0.15) is 0 Å². The predicted molar refractivity (Wildman–Crippen MR) is 134 cm³/mol. The fraction of sp³-hybridized carbons (Fsp3) is 0.286. The van der Waals surface area contributed by atoms with Crippen molar-refractivity contribution >= 4 is 17.7 Å². The summed E-state index contributed by atoms with van der Waals surface area (Å²) in [5.74, 6) is -0.470. The van der Waals surface area contributed by atoms with E-state index >= 15 is 4.39 Å². The summed E-state index contributed by atoms with van der Waals surface area (Å²) in [6.07, 6.45) is 8.09. The minimum absolute atomic E-state index is 0.172. The number of nitrogens with zero attached hydrogens (tertiary/aromatic N) is 2. The van der Waals surface area contributed by atoms with Crippen LogP contribution in [-0.4, -0.2) is 24.0 Å². The summed E-state index contributed by atoms with van der Waals surface area (Å²) in [6.45, 7) is 1.26. The Labute approximate surface area is 208 Å². The third-order valence-electron chi connectivity index (χ3n) is 6.27. The lowest BCUT2D eigenvalue weighted by atomic mass is 9.87. The van der Waals surface area contributed by atoms with Gasteiger partial charge in [-0.1, -0.05) is 30.3 Å². The molecule has 1 heterocycles. The number of nitro groups is 1. The first kappa shape index (κ1) is 25.0. The lowest BCUT2D eigenvalue weighted by Crippen LogP contribution is -2.20. The van der Waals surface area contributed by atoms with Gasteiger partial charge in [0, 0.05) is 25.1 Å². The number of dihydropyridines is 1. The molecule has 0 aromatic heterocycles. The van der Waals surface area contributed by atoms with Crippen molar-refractivity contribution in [2.45, 2.75) is 39.0 Å². The Morgan fingerprint density at radius 1 is 1.19 bits per heavy atom. The van der Waals surface area contributed by atoms with Gasteiger partial charge in [0.2, 0.25) is 0 Å². The maximum Gasteiger partial charge on any atom is 0.276 e. The number of carbonyl (C=O) groups excluding carboxylic acids is 1. The highest BCUT2D eigenvalue weighted by atomic mass is 19.1. The molecule has 7 nitrogen and oxygen atoms in total. The zero-order valence-electron chi connectivity index (χ0n) is 20.2. The van der Waals surface area contributed by atoms with Gasteiger partial charge in [-0.05, 0) is 55.5 Å². The van der Waals surface area contributed by atoms with Crippen molar-refractivity contribution in [2.75, 3.05) is 7.11 Å². The number of methoxy groups -OCH3 is 1. The van der Waals surface area contributed by atoms with Crippen LogP contribution in [0.5, 0.6) is 5.75 Å². The van der Waals surface area contributed by atoms with E-state index in [1.165, 1.54) is 18.6 Å². The number of benzene rings is 2. The predicted octanol–water partition coefficient (Wildman–Crippen LogP) is 6.04. The zero-order valence-corrected chi connectivity index (χ0v) is 20.2. The molecule has 1 aliphatic carbocycles. The molecule has 1 aliphatic heterocycles. The minimum Gasteiger partial charge on any atom is -0.501 e. The van der Waals surface area contributed by atoms with Crippen molar-refractivity contribution in [1.82, 2.24) is 0 Å². The molecular weight excluding hydrogens is 463 g/mol. The Balaban J connectivity index is 1.52. The summed E-state index contributed by atoms with van der Waals surface area (Å²) in [6, 6.07) is 12.7. The molecule has 8 heteroatoms. The number of rotatable bonds is 10. The fourth-order valence-electron chi connectivity index (χ4n) is 4.51. The average Bonchev–Trinajstić information content (AvgIpc) is 2.86. The van der Waals surface area contributed by atoms with Crippen molar-refractivity contribution < 1.29 is 23.6 Å². The summed E-state index contributed by atoms with van der Waals surface area (Å²) in [5, 5.41) is 11.3. The third kappa shape index (κ3) is 5.59. The van der Waals surface area contributed by atoms with Gasteiger partial charge in [0.05, 0.1) is 35.0 Å². The number of hydrogen-bond donors (Lipinski definition) is 0. The van der Waals surface area contributed by atoms with Crippen LogP contribution < -0.4 is 4.74 Å². The monoisotopic (exact) mass is 490 g/mol. The smallest absolute Gasteiger partial charge is 0.276 e. The second-order valence-corrected chi connectivity index (χ2v) is 8.78. The molecule has 0 N–H and O–H groups in total. The van der Waals surface area contributed by atoms with Crippen LogP contribution in [0.3, 0.4) is 0 Å². The molecule has 0 saturated heterocycles. The van der Waals surface area contributed by atoms with Crippen LogP contribution in [0, 0.1) is 21.8 Å². The van der Waals surface area contributed by atoms with Crippen molar-refractivity contribution in [3.8, 4) is 5.75 Å². The van der Waals surface area contributed by atoms with Gasteiger partial charge >= 0.3 is 0 Å². The standard InChI is InChI=1S/C28H27FN2O5/c1-18(32)15-22-24(31(33)34)11-12-26(28(22)29)36-25-13-14-30-23-16-20(27(35-2)17-21(23)25)10-6-9-19-7-4-3-5-8-19/h3-5,7-8,11-14,16,21H,6,9-10,15,17H2,1-2H3. The van der Waals surface area contributed by atoms with Crippen molar-refractivity contribution in [2.24, 2.45) is 10.9 Å². The van der Waals surface area contributed by atoms with Crippen LogP contribution in [0.25, 0.3) is 0 Å². The van der Waals surface area contributed by atoms with E-state index in [4.69, 9.17) is 9.47 Å². The highest BCUT2D eigenvalue weighted by molar-refractivity contribution is 5.80. The Bertz CT molecular complexity index is 1290. The first-order chi connectivity index (χ1) is 17.4. The molecule has 1 unspecified atom stereocenters. The molecule has 0 spiro atoms. The molecule has 4 rings (SSSR count). The number of nitro benzene ring substituents is 1. The number of allylic oxidation sites excluding steroid dienone is 4. The molecule has 2 aromatic carbocycles. The van der Waals surface area contributed by atoms with Crippen LogP contribution in [0.1, 0.15) is 37.3 Å². The summed E-state index contributed by atoms with van der Waals surface area (Å²) in [5.41, 5.74) is 2.41. The number of halogens is 1. The van der Waals surface area contributed by atoms with Crippen molar-refractivity contribution in [3.63, 3.8) is 0 Å². The van der Waals surface area contributed by atoms with Crippen LogP contribution in [-0.2, 0) is 22.4 Å². The number of aliphatic imine (C=N–C) groups is 1. The number of hydrogen-bond acceptors (Lipinski definition) is 6. The van der Waals surface area contributed by atoms with Crippen LogP contribution in [0.2, 0.25) is 0 Å². The number of fused-ring (bicyclic) bond motifs is 1. The van der Waals surface area contributed by atoms with Crippen molar-refractivity contribution in [1.29, 1.82) is 0 Å². The Morgan fingerprint density at radius 2 is 1.97 bits per heavy atom. The molecule has 2 aromatic rings. The molecule has 0 fully saturated rings. The van der Waals surface area contributed by atoms with E-state index in [1.54, 1.807) is 19.4 Å². The number of aryl methyl sites for hydroxylation is 1. The van der Waals surface area contributed by atoms with Crippen LogP contribution in [0.15, 0.2) is 82.4 Å². The molecule has 2 aliphatic rings. The Hall–Kier alpha value is -4.07. The average molecular weight is 491 g/mol. The molecule has 0 saturated carbocycles. The summed E-state index contributed by atoms with van der Waals surface area (Å²) in [7, 11) is 1.63. The first-order valence-corrected chi connectivity index (χ1v) is 11.8. The molecule has 0 radical (unpaired) electrons. The third-order valence-corrected chi connectivity index (χ3v) is 6.27. The Kier molecular flexibility index (Phi) is 7.73. The zero-order chi connectivity index (χ0) is 25.7. The van der Waals surface area contributed by atoms with E-state index < -0.39 is 22.8 Å². The lowest BCUT2D eigenvalue weighted by Gasteiger charge is -2.29. The first-order valence-electron chi connectivity index (χ1n) is 11.8. The SMILES string of the molecule is COC1=C(CCCc2ccccc2)C=C2N=CC=C(Oc3ccc([N+](=O)[O-])c(CC(C)=O)c3F)C2C1. The van der Waals surface area contributed by atoms with Gasteiger partial charge in [0.15, 0.2) is 11.6 Å². The normalized spacial score (nSPS) is 16.7. The maximum absolute atomic E-state index is 15.2. The van der Waals surface area contributed by atoms with E-state index in [9.17, 15) is 14.9 Å². The van der Waals surface area contributed by atoms with Gasteiger partial charge in [-0.15, -0.1) is 0 Å². The van der Waals surface area contributed by atoms with Gasteiger partial charge < -0.3 is 9.47 Å². The second kappa shape index (κ2) is 11.1. The fourth-order valence-corrected chi connectivity index (χ4v) is 4.51. The van der Waals surface area contributed by atoms with Gasteiger partial charge in [-0.3, -0.25) is 19.9 Å². The molecule has 186 valence electrons. The van der Waals surface area contributed by atoms with E-state index in [1.807, 2.05) is 24.3 Å². The van der Waals surface area contributed by atoms with E-state index in [0.717, 1.165) is 42.4 Å². The highest BCUT2D eigenvalue weighted by Gasteiger charge is 2.31. The van der Waals surface area contributed by atoms with Crippen LogP contribution >= 0.6 is 0 Å². The number of ether oxygens (including phenoxy) is 2. The number of ketones is 1. The topological polar surface area (TPSA) is 91.0 Å². The van der Waals surface area contributed by atoms with Gasteiger partial charge in [0.25, 0.3) is 5.69 Å². The molecular formula is C28H27FN2O5. The summed E-state index contributed by atoms with van der Waals surface area (Å²) >= 11 is 0. The maximum atomic E-state index is 15.2. The van der Waals surface area contributed by atoms with Gasteiger partial charge in [-0.25, -0.2) is 4.39 Å². The number of carbonyl (C=O) groups is 1. The quantitative estimate of drug-likeness (QED) is 0.299. The lowest BCUT2D eigenvalue weighted by molar-refractivity contribution is -0.385. The molecule has 1 atom stereocenters. The van der Waals surface area contributed by atoms with E-state index in [-0.39, 0.29) is 23.0 Å². The second-order valence-electron chi connectivity index (χ2n) is 8.78. The Morgan fingerprint density at radius 3 is 2.67 bits per heavy atom. The largest absolute Gasteiger partial charge is 0.501 e. The van der Waals surface area contributed by atoms with Crippen molar-refractivity contribution in [3.05, 3.63) is 104 Å². The highest BCUT2D eigenvalue weighted by Crippen LogP contribution is 2.40. The van der Waals surface area contributed by atoms with Gasteiger partial charge in [0.1, 0.15) is 11.5 Å². The molecule has 0 amide bonds.